The largest absolute Gasteiger partial charge is 0.375 e. The van der Waals surface area contributed by atoms with Crippen molar-refractivity contribution in [1.82, 2.24) is 10.3 Å². The van der Waals surface area contributed by atoms with Gasteiger partial charge in [-0.15, -0.1) is 11.3 Å². The number of benzene rings is 1. The molecule has 0 aliphatic heterocycles. The summed E-state index contributed by atoms with van der Waals surface area (Å²) >= 11 is 1.67. The van der Waals surface area contributed by atoms with Gasteiger partial charge in [-0.1, -0.05) is 36.8 Å². The van der Waals surface area contributed by atoms with Gasteiger partial charge in [-0.25, -0.2) is 4.98 Å². The van der Waals surface area contributed by atoms with E-state index >= 15 is 0 Å². The molecule has 2 aromatic rings. The minimum atomic E-state index is 0.0682. The number of nitrogens with one attached hydrogen (secondary N) is 1. The number of aromatic nitrogens is 1. The van der Waals surface area contributed by atoms with E-state index in [0.717, 1.165) is 25.8 Å². The highest BCUT2D eigenvalue weighted by Gasteiger charge is 2.49. The van der Waals surface area contributed by atoms with Crippen molar-refractivity contribution in [1.29, 1.82) is 0 Å². The minimum absolute atomic E-state index is 0.0682. The zero-order valence-corrected chi connectivity index (χ0v) is 16.1. The molecule has 0 spiro atoms. The molecule has 2 unspecified atom stereocenters. The fourth-order valence-electron chi connectivity index (χ4n) is 5.24. The number of thiazole rings is 1. The number of carbonyl (C=O) groups is 1. The second-order valence-electron chi connectivity index (χ2n) is 8.02. The van der Waals surface area contributed by atoms with Crippen LogP contribution >= 0.6 is 11.3 Å². The maximum atomic E-state index is 11.5. The third-order valence-electron chi connectivity index (χ3n) is 6.34. The van der Waals surface area contributed by atoms with Crippen LogP contribution in [0.25, 0.3) is 0 Å². The second kappa shape index (κ2) is 7.03. The van der Waals surface area contributed by atoms with E-state index in [1.807, 2.05) is 0 Å². The maximum absolute atomic E-state index is 11.5. The normalized spacial score (nSPS) is 27.4. The van der Waals surface area contributed by atoms with Crippen molar-refractivity contribution < 1.29 is 4.79 Å². The van der Waals surface area contributed by atoms with E-state index in [2.05, 4.69) is 40.6 Å². The fourth-order valence-corrected chi connectivity index (χ4v) is 6.25. The van der Waals surface area contributed by atoms with E-state index in [1.54, 1.807) is 18.3 Å². The molecule has 0 bridgehead atoms. The molecule has 138 valence electrons. The standard InChI is InChI=1S/C21H27N3OS/c1-14(25)23-13-16-8-5-9-21(11-15-6-3-2-4-7-15)12-19-18(10-17(16)21)24-20(22)26-19/h2-4,6-7,16-17H,5,8-13H2,1H3,(H2,22,24)(H,23,25)/t16-,17?,21?/m0/s1. The van der Waals surface area contributed by atoms with Gasteiger partial charge in [-0.3, -0.25) is 4.79 Å². The molecule has 3 atom stereocenters. The van der Waals surface area contributed by atoms with Crippen molar-refractivity contribution in [2.45, 2.75) is 45.4 Å². The minimum Gasteiger partial charge on any atom is -0.375 e. The molecule has 1 fully saturated rings. The van der Waals surface area contributed by atoms with Crippen LogP contribution in [0.4, 0.5) is 5.13 Å². The quantitative estimate of drug-likeness (QED) is 0.865. The Hall–Kier alpha value is -1.88. The van der Waals surface area contributed by atoms with Gasteiger partial charge in [0, 0.05) is 18.3 Å². The smallest absolute Gasteiger partial charge is 0.216 e. The van der Waals surface area contributed by atoms with Gasteiger partial charge in [0.1, 0.15) is 0 Å². The first-order chi connectivity index (χ1) is 12.6. The summed E-state index contributed by atoms with van der Waals surface area (Å²) in [4.78, 5) is 17.5. The third-order valence-corrected chi connectivity index (χ3v) is 7.26. The number of fused-ring (bicyclic) bond motifs is 2. The molecule has 1 aromatic heterocycles. The van der Waals surface area contributed by atoms with Crippen molar-refractivity contribution in [2.24, 2.45) is 17.3 Å². The molecule has 1 saturated carbocycles. The van der Waals surface area contributed by atoms with Gasteiger partial charge in [0.2, 0.25) is 5.91 Å². The predicted octanol–water partition coefficient (Wildman–Crippen LogP) is 3.61. The first-order valence-corrected chi connectivity index (χ1v) is 10.4. The van der Waals surface area contributed by atoms with Crippen LogP contribution in [0.3, 0.4) is 0 Å². The van der Waals surface area contributed by atoms with E-state index < -0.39 is 0 Å². The van der Waals surface area contributed by atoms with E-state index in [4.69, 9.17) is 5.73 Å². The van der Waals surface area contributed by atoms with Crippen LogP contribution in [0.15, 0.2) is 30.3 Å². The van der Waals surface area contributed by atoms with Crippen LogP contribution in [0.1, 0.15) is 42.3 Å². The molecule has 0 saturated heterocycles. The first-order valence-electron chi connectivity index (χ1n) is 9.58. The maximum Gasteiger partial charge on any atom is 0.216 e. The SMILES string of the molecule is CC(=O)NC[C@@H]1CCCC2(Cc3ccccc3)Cc3sc(N)nc3CC12. The summed E-state index contributed by atoms with van der Waals surface area (Å²) in [6.45, 7) is 2.39. The van der Waals surface area contributed by atoms with Crippen molar-refractivity contribution in [2.75, 3.05) is 12.3 Å². The van der Waals surface area contributed by atoms with Crippen molar-refractivity contribution in [3.8, 4) is 0 Å². The number of nitrogens with two attached hydrogens (primary N) is 1. The van der Waals surface area contributed by atoms with Crippen LogP contribution in [0.5, 0.6) is 0 Å². The highest BCUT2D eigenvalue weighted by atomic mass is 32.1. The lowest BCUT2D eigenvalue weighted by molar-refractivity contribution is -0.119. The molecule has 4 rings (SSSR count). The van der Waals surface area contributed by atoms with Crippen LogP contribution in [0.2, 0.25) is 0 Å². The topological polar surface area (TPSA) is 68.0 Å². The number of nitrogen functional groups attached to an aromatic ring is 1. The summed E-state index contributed by atoms with van der Waals surface area (Å²) in [6, 6.07) is 10.9. The number of hydrogen-bond donors (Lipinski definition) is 2. The average Bonchev–Trinajstić information content (AvgIpc) is 2.97. The molecule has 1 heterocycles. The van der Waals surface area contributed by atoms with Gasteiger partial charge >= 0.3 is 0 Å². The molecular weight excluding hydrogens is 342 g/mol. The number of rotatable bonds is 4. The third kappa shape index (κ3) is 3.37. The fraction of sp³-hybridized carbons (Fsp3) is 0.524. The number of carbonyl (C=O) groups excluding carboxylic acids is 1. The Morgan fingerprint density at radius 1 is 1.38 bits per heavy atom. The van der Waals surface area contributed by atoms with Gasteiger partial charge in [-0.2, -0.15) is 0 Å². The summed E-state index contributed by atoms with van der Waals surface area (Å²) in [5.41, 5.74) is 8.91. The molecular formula is C21H27N3OS. The van der Waals surface area contributed by atoms with E-state index in [0.29, 0.717) is 17.0 Å². The van der Waals surface area contributed by atoms with Gasteiger partial charge in [-0.05, 0) is 54.9 Å². The van der Waals surface area contributed by atoms with Gasteiger partial charge in [0.25, 0.3) is 0 Å². The lowest BCUT2D eigenvalue weighted by Crippen LogP contribution is -2.49. The molecule has 4 nitrogen and oxygen atoms in total. The highest BCUT2D eigenvalue weighted by Crippen LogP contribution is 2.54. The molecule has 1 aromatic carbocycles. The van der Waals surface area contributed by atoms with E-state index in [1.165, 1.54) is 35.4 Å². The molecule has 0 radical (unpaired) electrons. The summed E-state index contributed by atoms with van der Waals surface area (Å²) < 4.78 is 0. The lowest BCUT2D eigenvalue weighted by atomic mass is 9.54. The van der Waals surface area contributed by atoms with Crippen LogP contribution in [0, 0.1) is 17.3 Å². The Morgan fingerprint density at radius 2 is 2.19 bits per heavy atom. The zero-order valence-electron chi connectivity index (χ0n) is 15.3. The summed E-state index contributed by atoms with van der Waals surface area (Å²) in [6.07, 6.45) is 6.85. The Balaban J connectivity index is 1.67. The Kier molecular flexibility index (Phi) is 4.74. The molecule has 5 heteroatoms. The molecule has 2 aliphatic carbocycles. The Morgan fingerprint density at radius 3 is 2.96 bits per heavy atom. The molecule has 3 N–H and O–H groups in total. The lowest BCUT2D eigenvalue weighted by Gasteiger charge is -2.51. The molecule has 26 heavy (non-hydrogen) atoms. The van der Waals surface area contributed by atoms with Gasteiger partial charge < -0.3 is 11.1 Å². The number of anilines is 1. The number of hydrogen-bond acceptors (Lipinski definition) is 4. The molecule has 1 amide bonds. The summed E-state index contributed by atoms with van der Waals surface area (Å²) in [5.74, 6) is 1.14. The summed E-state index contributed by atoms with van der Waals surface area (Å²) in [5, 5.41) is 3.77. The molecule has 2 aliphatic rings. The van der Waals surface area contributed by atoms with Crippen LogP contribution in [-0.2, 0) is 24.1 Å². The highest BCUT2D eigenvalue weighted by molar-refractivity contribution is 7.15. The number of nitrogens with zero attached hydrogens (tertiary/aromatic N) is 1. The van der Waals surface area contributed by atoms with Crippen molar-refractivity contribution in [3.63, 3.8) is 0 Å². The Labute approximate surface area is 159 Å². The predicted molar refractivity (Wildman–Crippen MR) is 106 cm³/mol. The van der Waals surface area contributed by atoms with Gasteiger partial charge in [0.05, 0.1) is 5.69 Å². The van der Waals surface area contributed by atoms with Crippen molar-refractivity contribution in [3.05, 3.63) is 46.5 Å². The zero-order chi connectivity index (χ0) is 18.1. The average molecular weight is 370 g/mol. The van der Waals surface area contributed by atoms with Crippen molar-refractivity contribution >= 4 is 22.4 Å². The van der Waals surface area contributed by atoms with Crippen LogP contribution in [-0.4, -0.2) is 17.4 Å². The van der Waals surface area contributed by atoms with Crippen LogP contribution < -0.4 is 11.1 Å². The second-order valence-corrected chi connectivity index (χ2v) is 9.14. The monoisotopic (exact) mass is 369 g/mol. The van der Waals surface area contributed by atoms with Gasteiger partial charge in [0.15, 0.2) is 5.13 Å². The Bertz CT molecular complexity index is 788. The van der Waals surface area contributed by atoms with E-state index in [9.17, 15) is 4.79 Å². The first kappa shape index (κ1) is 17.5. The van der Waals surface area contributed by atoms with E-state index in [-0.39, 0.29) is 11.3 Å². The summed E-state index contributed by atoms with van der Waals surface area (Å²) in [7, 11) is 0. The number of amides is 1.